The van der Waals surface area contributed by atoms with Crippen LogP contribution in [0.5, 0.6) is 5.75 Å². The zero-order valence-electron chi connectivity index (χ0n) is 12.0. The Labute approximate surface area is 134 Å². The Bertz CT molecular complexity index is 582. The number of benzene rings is 1. The van der Waals surface area contributed by atoms with Crippen molar-refractivity contribution in [1.29, 1.82) is 0 Å². The highest BCUT2D eigenvalue weighted by Crippen LogP contribution is 2.35. The second-order valence-electron chi connectivity index (χ2n) is 5.10. The first-order valence-electron chi connectivity index (χ1n) is 7.11. The van der Waals surface area contributed by atoms with Crippen LogP contribution in [0.3, 0.4) is 0 Å². The molecule has 0 unspecified atom stereocenters. The number of nitrogens with zero attached hydrogens (tertiary/aromatic N) is 1. The zero-order chi connectivity index (χ0) is 14.7. The second kappa shape index (κ2) is 6.79. The van der Waals surface area contributed by atoms with E-state index in [1.807, 2.05) is 6.07 Å². The number of rotatable bonds is 4. The van der Waals surface area contributed by atoms with Crippen LogP contribution in [0, 0.1) is 0 Å². The summed E-state index contributed by atoms with van der Waals surface area (Å²) in [6.07, 6.45) is 0. The Balaban J connectivity index is 1.98. The van der Waals surface area contributed by atoms with E-state index < -0.39 is 0 Å². The first-order valence-corrected chi connectivity index (χ1v) is 8.37. The maximum Gasteiger partial charge on any atom is 0.137 e. The number of hydrogen-bond donors (Lipinski definition) is 1. The van der Waals surface area contributed by atoms with Crippen LogP contribution in [0.1, 0.15) is 16.5 Å². The fourth-order valence-electron chi connectivity index (χ4n) is 2.79. The summed E-state index contributed by atoms with van der Waals surface area (Å²) in [5.41, 5.74) is 1.24. The molecule has 1 aliphatic rings. The van der Waals surface area contributed by atoms with E-state index in [2.05, 4.69) is 39.9 Å². The Kier molecular flexibility index (Phi) is 4.80. The van der Waals surface area contributed by atoms with E-state index in [1.165, 1.54) is 10.4 Å². The van der Waals surface area contributed by atoms with Crippen LogP contribution < -0.4 is 10.1 Å². The molecule has 0 radical (unpaired) electrons. The van der Waals surface area contributed by atoms with Gasteiger partial charge in [-0.3, -0.25) is 4.90 Å². The minimum Gasteiger partial charge on any atom is -0.495 e. The largest absolute Gasteiger partial charge is 0.495 e. The number of ether oxygens (including phenoxy) is 1. The lowest BCUT2D eigenvalue weighted by Gasteiger charge is -2.35. The molecule has 0 spiro atoms. The van der Waals surface area contributed by atoms with Crippen molar-refractivity contribution in [2.45, 2.75) is 6.04 Å². The molecular formula is C16H19ClN2OS. The van der Waals surface area contributed by atoms with E-state index in [1.54, 1.807) is 18.4 Å². The molecule has 1 saturated heterocycles. The average molecular weight is 323 g/mol. The van der Waals surface area contributed by atoms with Gasteiger partial charge >= 0.3 is 0 Å². The minimum absolute atomic E-state index is 0.276. The highest BCUT2D eigenvalue weighted by molar-refractivity contribution is 7.10. The number of nitrogens with one attached hydrogen (secondary N) is 1. The van der Waals surface area contributed by atoms with Crippen molar-refractivity contribution in [3.8, 4) is 5.75 Å². The molecule has 1 aliphatic heterocycles. The molecule has 1 aromatic carbocycles. The fraction of sp³-hybridized carbons (Fsp3) is 0.375. The Morgan fingerprint density at radius 2 is 2.10 bits per heavy atom. The number of thiophene rings is 1. The van der Waals surface area contributed by atoms with E-state index in [4.69, 9.17) is 16.3 Å². The van der Waals surface area contributed by atoms with Gasteiger partial charge in [0.25, 0.3) is 0 Å². The second-order valence-corrected chi connectivity index (χ2v) is 6.48. The third-order valence-electron chi connectivity index (χ3n) is 3.82. The molecule has 1 atom stereocenters. The predicted octanol–water partition coefficient (Wildman–Crippen LogP) is 3.40. The fourth-order valence-corrected chi connectivity index (χ4v) is 3.87. The molecule has 3 nitrogen and oxygen atoms in total. The Morgan fingerprint density at radius 3 is 2.76 bits per heavy atom. The lowest BCUT2D eigenvalue weighted by Crippen LogP contribution is -2.45. The Morgan fingerprint density at radius 1 is 1.29 bits per heavy atom. The molecule has 1 fully saturated rings. The number of halogens is 1. The molecule has 5 heteroatoms. The molecule has 0 aliphatic carbocycles. The van der Waals surface area contributed by atoms with Gasteiger partial charge in [0.1, 0.15) is 5.75 Å². The summed E-state index contributed by atoms with van der Waals surface area (Å²) in [6.45, 7) is 4.17. The number of methoxy groups -OCH3 is 1. The van der Waals surface area contributed by atoms with Gasteiger partial charge in [-0.2, -0.15) is 0 Å². The van der Waals surface area contributed by atoms with Crippen molar-refractivity contribution in [3.05, 3.63) is 51.2 Å². The zero-order valence-corrected chi connectivity index (χ0v) is 13.6. The van der Waals surface area contributed by atoms with Crippen molar-refractivity contribution in [3.63, 3.8) is 0 Å². The molecule has 112 valence electrons. The van der Waals surface area contributed by atoms with Crippen LogP contribution in [0.2, 0.25) is 5.02 Å². The van der Waals surface area contributed by atoms with Crippen molar-refractivity contribution in [2.75, 3.05) is 33.3 Å². The highest BCUT2D eigenvalue weighted by Gasteiger charge is 2.25. The molecule has 3 rings (SSSR count). The third-order valence-corrected chi connectivity index (χ3v) is 5.06. The van der Waals surface area contributed by atoms with Crippen molar-refractivity contribution >= 4 is 22.9 Å². The smallest absolute Gasteiger partial charge is 0.137 e. The first kappa shape index (κ1) is 14.9. The minimum atomic E-state index is 0.276. The van der Waals surface area contributed by atoms with Crippen LogP contribution in [0.4, 0.5) is 0 Å². The maximum absolute atomic E-state index is 6.17. The van der Waals surface area contributed by atoms with Crippen LogP contribution in [0.25, 0.3) is 0 Å². The standard InChI is InChI=1S/C16H19ClN2OS/c1-20-14-11-12(4-5-13(14)17)16(15-3-2-10-21-15)19-8-6-18-7-9-19/h2-5,10-11,16,18H,6-9H2,1H3/t16-/m0/s1. The molecular weight excluding hydrogens is 304 g/mol. The SMILES string of the molecule is COc1cc([C@@H](c2cccs2)N2CCNCC2)ccc1Cl. The molecule has 0 amide bonds. The summed E-state index contributed by atoms with van der Waals surface area (Å²) < 4.78 is 5.38. The van der Waals surface area contributed by atoms with E-state index in [9.17, 15) is 0 Å². The van der Waals surface area contributed by atoms with Crippen LogP contribution in [0.15, 0.2) is 35.7 Å². The lowest BCUT2D eigenvalue weighted by atomic mass is 10.0. The highest BCUT2D eigenvalue weighted by atomic mass is 35.5. The van der Waals surface area contributed by atoms with Crippen LogP contribution in [-0.2, 0) is 0 Å². The quantitative estimate of drug-likeness (QED) is 0.933. The topological polar surface area (TPSA) is 24.5 Å². The van der Waals surface area contributed by atoms with Gasteiger partial charge in [-0.1, -0.05) is 23.7 Å². The molecule has 0 saturated carbocycles. The van der Waals surface area contributed by atoms with Gasteiger partial charge in [-0.25, -0.2) is 0 Å². The van der Waals surface area contributed by atoms with Gasteiger partial charge < -0.3 is 10.1 Å². The summed E-state index contributed by atoms with van der Waals surface area (Å²) in [6, 6.07) is 10.7. The van der Waals surface area contributed by atoms with Crippen molar-refractivity contribution in [1.82, 2.24) is 10.2 Å². The molecule has 1 aromatic heterocycles. The van der Waals surface area contributed by atoms with E-state index in [-0.39, 0.29) is 6.04 Å². The predicted molar refractivity (Wildman–Crippen MR) is 88.6 cm³/mol. The van der Waals surface area contributed by atoms with Gasteiger partial charge in [0, 0.05) is 31.1 Å². The van der Waals surface area contributed by atoms with Gasteiger partial charge in [0.2, 0.25) is 0 Å². The molecule has 1 N–H and O–H groups in total. The number of piperazine rings is 1. The average Bonchev–Trinajstić information content (AvgIpc) is 3.04. The first-order chi connectivity index (χ1) is 10.3. The third kappa shape index (κ3) is 3.24. The summed E-state index contributed by atoms with van der Waals surface area (Å²) in [5, 5.41) is 6.21. The van der Waals surface area contributed by atoms with E-state index in [0.717, 1.165) is 31.9 Å². The Hall–Kier alpha value is -1.07. The van der Waals surface area contributed by atoms with E-state index in [0.29, 0.717) is 5.02 Å². The normalized spacial score (nSPS) is 17.6. The summed E-state index contributed by atoms with van der Waals surface area (Å²) in [7, 11) is 1.66. The summed E-state index contributed by atoms with van der Waals surface area (Å²) in [5.74, 6) is 0.742. The molecule has 0 bridgehead atoms. The molecule has 21 heavy (non-hydrogen) atoms. The van der Waals surface area contributed by atoms with Gasteiger partial charge in [-0.05, 0) is 29.1 Å². The molecule has 2 heterocycles. The van der Waals surface area contributed by atoms with Crippen molar-refractivity contribution < 1.29 is 4.74 Å². The molecule has 2 aromatic rings. The monoisotopic (exact) mass is 322 g/mol. The summed E-state index contributed by atoms with van der Waals surface area (Å²) in [4.78, 5) is 3.88. The van der Waals surface area contributed by atoms with Crippen LogP contribution in [-0.4, -0.2) is 38.2 Å². The number of hydrogen-bond acceptors (Lipinski definition) is 4. The lowest BCUT2D eigenvalue weighted by molar-refractivity contribution is 0.200. The maximum atomic E-state index is 6.17. The summed E-state index contributed by atoms with van der Waals surface area (Å²) >= 11 is 7.97. The van der Waals surface area contributed by atoms with Crippen molar-refractivity contribution in [2.24, 2.45) is 0 Å². The van der Waals surface area contributed by atoms with Gasteiger partial charge in [-0.15, -0.1) is 11.3 Å². The van der Waals surface area contributed by atoms with Crippen LogP contribution >= 0.6 is 22.9 Å². The van der Waals surface area contributed by atoms with Gasteiger partial charge in [0.15, 0.2) is 0 Å². The van der Waals surface area contributed by atoms with E-state index >= 15 is 0 Å². The van der Waals surface area contributed by atoms with Gasteiger partial charge in [0.05, 0.1) is 18.2 Å².